The first kappa shape index (κ1) is 16.3. The molecular formula is C14H17F3N2O. The van der Waals surface area contributed by atoms with Crippen molar-refractivity contribution in [3.05, 3.63) is 29.3 Å². The van der Waals surface area contributed by atoms with E-state index >= 15 is 0 Å². The lowest BCUT2D eigenvalue weighted by Gasteiger charge is -2.08. The smallest absolute Gasteiger partial charge is 0.389 e. The van der Waals surface area contributed by atoms with Crippen LogP contribution in [0.5, 0.6) is 5.75 Å². The van der Waals surface area contributed by atoms with Crippen molar-refractivity contribution < 1.29 is 17.9 Å². The molecule has 20 heavy (non-hydrogen) atoms. The van der Waals surface area contributed by atoms with Crippen LogP contribution in [0.2, 0.25) is 0 Å². The highest BCUT2D eigenvalue weighted by Gasteiger charge is 2.25. The first-order chi connectivity index (χ1) is 9.46. The van der Waals surface area contributed by atoms with E-state index in [1.807, 2.05) is 12.1 Å². The third kappa shape index (κ3) is 5.93. The van der Waals surface area contributed by atoms with Gasteiger partial charge in [-0.05, 0) is 37.1 Å². The fourth-order valence-electron chi connectivity index (χ4n) is 1.76. The summed E-state index contributed by atoms with van der Waals surface area (Å²) in [4.78, 5) is 0. The van der Waals surface area contributed by atoms with Crippen LogP contribution in [-0.4, -0.2) is 19.8 Å². The Labute approximate surface area is 116 Å². The summed E-state index contributed by atoms with van der Waals surface area (Å²) < 4.78 is 40.8. The molecule has 0 amide bonds. The Bertz CT molecular complexity index is 466. The molecule has 1 aromatic carbocycles. The molecule has 0 heterocycles. The van der Waals surface area contributed by atoms with Crippen LogP contribution in [0, 0.1) is 11.3 Å². The largest absolute Gasteiger partial charge is 0.495 e. The van der Waals surface area contributed by atoms with Crippen molar-refractivity contribution in [3.8, 4) is 11.8 Å². The molecule has 0 saturated heterocycles. The molecule has 1 N–H and O–H groups in total. The van der Waals surface area contributed by atoms with Gasteiger partial charge in [0.1, 0.15) is 11.8 Å². The van der Waals surface area contributed by atoms with Crippen LogP contribution in [0.1, 0.15) is 30.4 Å². The summed E-state index contributed by atoms with van der Waals surface area (Å²) in [6.45, 7) is 1.04. The van der Waals surface area contributed by atoms with E-state index in [4.69, 9.17) is 10.00 Å². The molecule has 0 radical (unpaired) electrons. The maximum atomic E-state index is 11.9. The Kier molecular flexibility index (Phi) is 6.32. The highest BCUT2D eigenvalue weighted by molar-refractivity contribution is 5.45. The van der Waals surface area contributed by atoms with Gasteiger partial charge in [0.05, 0.1) is 12.7 Å². The van der Waals surface area contributed by atoms with Gasteiger partial charge in [-0.3, -0.25) is 0 Å². The van der Waals surface area contributed by atoms with Gasteiger partial charge in [-0.15, -0.1) is 0 Å². The number of ether oxygens (including phenoxy) is 1. The molecule has 0 atom stereocenters. The molecule has 0 aliphatic heterocycles. The van der Waals surface area contributed by atoms with Gasteiger partial charge < -0.3 is 10.1 Å². The van der Waals surface area contributed by atoms with E-state index in [0.717, 1.165) is 5.56 Å². The number of nitriles is 1. The topological polar surface area (TPSA) is 45.0 Å². The van der Waals surface area contributed by atoms with Crippen LogP contribution < -0.4 is 10.1 Å². The van der Waals surface area contributed by atoms with Crippen molar-refractivity contribution in [2.45, 2.75) is 32.0 Å². The number of unbranched alkanes of at least 4 members (excludes halogenated alkanes) is 1. The molecule has 1 rings (SSSR count). The SMILES string of the molecule is COc1ccc(CNCCCCC(F)(F)F)cc1C#N. The Hall–Kier alpha value is -1.74. The van der Waals surface area contributed by atoms with Crippen LogP contribution in [0.3, 0.4) is 0 Å². The van der Waals surface area contributed by atoms with Crippen LogP contribution >= 0.6 is 0 Å². The maximum absolute atomic E-state index is 11.9. The zero-order chi connectivity index (χ0) is 15.0. The zero-order valence-electron chi connectivity index (χ0n) is 11.3. The molecule has 0 aromatic heterocycles. The second-order valence-corrected chi connectivity index (χ2v) is 4.40. The summed E-state index contributed by atoms with van der Waals surface area (Å²) >= 11 is 0. The summed E-state index contributed by atoms with van der Waals surface area (Å²) in [6, 6.07) is 7.28. The third-order valence-electron chi connectivity index (χ3n) is 2.78. The lowest BCUT2D eigenvalue weighted by Crippen LogP contribution is -2.16. The molecule has 0 aliphatic carbocycles. The number of hydrogen-bond donors (Lipinski definition) is 1. The lowest BCUT2D eigenvalue weighted by atomic mass is 10.1. The minimum absolute atomic E-state index is 0.128. The minimum Gasteiger partial charge on any atom is -0.495 e. The lowest BCUT2D eigenvalue weighted by molar-refractivity contribution is -0.135. The summed E-state index contributed by atoms with van der Waals surface area (Å²) in [5, 5.41) is 12.0. The molecule has 0 bridgehead atoms. The van der Waals surface area contributed by atoms with E-state index < -0.39 is 12.6 Å². The predicted molar refractivity (Wildman–Crippen MR) is 69.3 cm³/mol. The number of alkyl halides is 3. The van der Waals surface area contributed by atoms with Crippen LogP contribution in [0.4, 0.5) is 13.2 Å². The number of nitrogens with zero attached hydrogens (tertiary/aromatic N) is 1. The first-order valence-corrected chi connectivity index (χ1v) is 6.31. The van der Waals surface area contributed by atoms with Crippen molar-refractivity contribution in [1.82, 2.24) is 5.32 Å². The molecular weight excluding hydrogens is 269 g/mol. The van der Waals surface area contributed by atoms with Gasteiger partial charge in [-0.25, -0.2) is 0 Å². The summed E-state index contributed by atoms with van der Waals surface area (Å²) in [6.07, 6.45) is -4.21. The Balaban J connectivity index is 2.31. The first-order valence-electron chi connectivity index (χ1n) is 6.31. The Morgan fingerprint density at radius 1 is 1.30 bits per heavy atom. The number of benzene rings is 1. The third-order valence-corrected chi connectivity index (χ3v) is 2.78. The quantitative estimate of drug-likeness (QED) is 0.781. The van der Waals surface area contributed by atoms with E-state index in [0.29, 0.717) is 30.8 Å². The van der Waals surface area contributed by atoms with Crippen molar-refractivity contribution >= 4 is 0 Å². The standard InChI is InChI=1S/C14H17F3N2O/c1-20-13-5-4-11(8-12(13)9-18)10-19-7-3-2-6-14(15,16)17/h4-5,8,19H,2-3,6-7,10H2,1H3. The molecule has 0 unspecified atom stereocenters. The van der Waals surface area contributed by atoms with Crippen molar-refractivity contribution in [3.63, 3.8) is 0 Å². The van der Waals surface area contributed by atoms with Gasteiger partial charge in [0.2, 0.25) is 0 Å². The van der Waals surface area contributed by atoms with Gasteiger partial charge in [0.15, 0.2) is 0 Å². The van der Waals surface area contributed by atoms with Crippen LogP contribution in [0.15, 0.2) is 18.2 Å². The highest BCUT2D eigenvalue weighted by Crippen LogP contribution is 2.22. The summed E-state index contributed by atoms with van der Waals surface area (Å²) in [5.74, 6) is 0.515. The average Bonchev–Trinajstić information content (AvgIpc) is 2.41. The molecule has 6 heteroatoms. The normalized spacial score (nSPS) is 11.2. The number of hydrogen-bond acceptors (Lipinski definition) is 3. The van der Waals surface area contributed by atoms with E-state index in [-0.39, 0.29) is 6.42 Å². The van der Waals surface area contributed by atoms with Crippen LogP contribution in [0.25, 0.3) is 0 Å². The average molecular weight is 286 g/mol. The highest BCUT2D eigenvalue weighted by atomic mass is 19.4. The monoisotopic (exact) mass is 286 g/mol. The number of halogens is 3. The van der Waals surface area contributed by atoms with E-state index in [1.165, 1.54) is 7.11 Å². The number of rotatable bonds is 7. The van der Waals surface area contributed by atoms with E-state index in [1.54, 1.807) is 12.1 Å². The molecule has 0 fully saturated rings. The van der Waals surface area contributed by atoms with Crippen molar-refractivity contribution in [2.75, 3.05) is 13.7 Å². The van der Waals surface area contributed by atoms with Gasteiger partial charge >= 0.3 is 6.18 Å². The fourth-order valence-corrected chi connectivity index (χ4v) is 1.76. The van der Waals surface area contributed by atoms with E-state index in [9.17, 15) is 13.2 Å². The van der Waals surface area contributed by atoms with Gasteiger partial charge in [-0.1, -0.05) is 6.07 Å². The van der Waals surface area contributed by atoms with Crippen molar-refractivity contribution in [1.29, 1.82) is 5.26 Å². The Morgan fingerprint density at radius 2 is 2.05 bits per heavy atom. The molecule has 1 aromatic rings. The predicted octanol–water partition coefficient (Wildman–Crippen LogP) is 3.39. The van der Waals surface area contributed by atoms with E-state index in [2.05, 4.69) is 5.32 Å². The second-order valence-electron chi connectivity index (χ2n) is 4.40. The zero-order valence-corrected chi connectivity index (χ0v) is 11.3. The summed E-state index contributed by atoms with van der Waals surface area (Å²) in [5.41, 5.74) is 1.35. The second kappa shape index (κ2) is 7.75. The number of nitrogens with one attached hydrogen (secondary N) is 1. The summed E-state index contributed by atoms with van der Waals surface area (Å²) in [7, 11) is 1.49. The molecule has 110 valence electrons. The maximum Gasteiger partial charge on any atom is 0.389 e. The van der Waals surface area contributed by atoms with Gasteiger partial charge in [-0.2, -0.15) is 18.4 Å². The molecule has 3 nitrogen and oxygen atoms in total. The molecule has 0 saturated carbocycles. The minimum atomic E-state index is -4.07. The van der Waals surface area contributed by atoms with Crippen LogP contribution in [-0.2, 0) is 6.54 Å². The Morgan fingerprint density at radius 3 is 2.65 bits per heavy atom. The van der Waals surface area contributed by atoms with Gasteiger partial charge in [0, 0.05) is 13.0 Å². The molecule has 0 spiro atoms. The number of methoxy groups -OCH3 is 1. The fraction of sp³-hybridized carbons (Fsp3) is 0.500. The van der Waals surface area contributed by atoms with Crippen molar-refractivity contribution in [2.24, 2.45) is 0 Å². The van der Waals surface area contributed by atoms with Gasteiger partial charge in [0.25, 0.3) is 0 Å². The molecule has 0 aliphatic rings.